The standard InChI is InChI=1S/C11H9Cl3N4S/c1-2-9-16-17-11(19)18(9)15-5-6-7(12)3-4-8(13)10(6)14/h3-5H,2H2,1H3,(H,17,19)/b15-5+. The van der Waals surface area contributed by atoms with Gasteiger partial charge in [0.05, 0.1) is 21.3 Å². The van der Waals surface area contributed by atoms with Gasteiger partial charge in [-0.2, -0.15) is 14.9 Å². The quantitative estimate of drug-likeness (QED) is 0.515. The molecule has 19 heavy (non-hydrogen) atoms. The minimum Gasteiger partial charge on any atom is -0.250 e. The molecule has 0 fully saturated rings. The van der Waals surface area contributed by atoms with Crippen molar-refractivity contribution in [1.82, 2.24) is 14.9 Å². The van der Waals surface area contributed by atoms with Crippen LogP contribution in [0.1, 0.15) is 18.3 Å². The maximum atomic E-state index is 6.09. The number of nitrogens with zero attached hydrogens (tertiary/aromatic N) is 3. The predicted molar refractivity (Wildman–Crippen MR) is 81.3 cm³/mol. The summed E-state index contributed by atoms with van der Waals surface area (Å²) in [7, 11) is 0. The Morgan fingerprint density at radius 2 is 2.05 bits per heavy atom. The lowest BCUT2D eigenvalue weighted by Gasteiger charge is -2.03. The molecule has 0 radical (unpaired) electrons. The largest absolute Gasteiger partial charge is 0.250 e. The Bertz CT molecular complexity index is 690. The van der Waals surface area contributed by atoms with E-state index in [9.17, 15) is 0 Å². The molecule has 0 unspecified atom stereocenters. The molecule has 2 aromatic rings. The highest BCUT2D eigenvalue weighted by atomic mass is 35.5. The Kier molecular flexibility index (Phi) is 4.62. The molecule has 100 valence electrons. The highest BCUT2D eigenvalue weighted by Gasteiger charge is 2.08. The summed E-state index contributed by atoms with van der Waals surface area (Å²) in [6.45, 7) is 1.95. The second-order valence-corrected chi connectivity index (χ2v) is 5.19. The van der Waals surface area contributed by atoms with Gasteiger partial charge >= 0.3 is 0 Å². The fourth-order valence-electron chi connectivity index (χ4n) is 1.45. The summed E-state index contributed by atoms with van der Waals surface area (Å²) in [5.41, 5.74) is 0.543. The summed E-state index contributed by atoms with van der Waals surface area (Å²) < 4.78 is 1.92. The number of benzene rings is 1. The zero-order valence-corrected chi connectivity index (χ0v) is 12.9. The van der Waals surface area contributed by atoms with E-state index in [1.165, 1.54) is 10.9 Å². The molecule has 0 atom stereocenters. The van der Waals surface area contributed by atoms with Gasteiger partial charge in [-0.05, 0) is 24.4 Å². The van der Waals surface area contributed by atoms with E-state index in [0.717, 1.165) is 5.82 Å². The molecule has 1 aromatic carbocycles. The van der Waals surface area contributed by atoms with Crippen molar-refractivity contribution >= 4 is 53.2 Å². The van der Waals surface area contributed by atoms with Crippen LogP contribution in [0.5, 0.6) is 0 Å². The first-order valence-corrected chi connectivity index (χ1v) is 6.93. The molecular weight excluding hydrogens is 327 g/mol. The normalized spacial score (nSPS) is 11.4. The van der Waals surface area contributed by atoms with Crippen LogP contribution in [0.2, 0.25) is 15.1 Å². The first-order chi connectivity index (χ1) is 9.04. The van der Waals surface area contributed by atoms with E-state index in [1.54, 1.807) is 12.1 Å². The van der Waals surface area contributed by atoms with Crippen molar-refractivity contribution in [3.63, 3.8) is 0 Å². The fourth-order valence-corrected chi connectivity index (χ4v) is 2.28. The van der Waals surface area contributed by atoms with Gasteiger partial charge in [0.15, 0.2) is 5.82 Å². The summed E-state index contributed by atoms with van der Waals surface area (Å²) in [6.07, 6.45) is 2.21. The summed E-state index contributed by atoms with van der Waals surface area (Å²) in [5.74, 6) is 0.718. The number of aromatic amines is 1. The van der Waals surface area contributed by atoms with Crippen molar-refractivity contribution in [3.05, 3.63) is 43.4 Å². The van der Waals surface area contributed by atoms with Crippen molar-refractivity contribution in [2.24, 2.45) is 5.10 Å². The molecule has 0 saturated carbocycles. The number of hydrogen-bond donors (Lipinski definition) is 1. The average Bonchev–Trinajstić information content (AvgIpc) is 2.75. The summed E-state index contributed by atoms with van der Waals surface area (Å²) in [4.78, 5) is 0. The van der Waals surface area contributed by atoms with E-state index in [2.05, 4.69) is 15.3 Å². The van der Waals surface area contributed by atoms with Crippen molar-refractivity contribution in [2.75, 3.05) is 0 Å². The van der Waals surface area contributed by atoms with Gasteiger partial charge in [0.25, 0.3) is 0 Å². The van der Waals surface area contributed by atoms with Gasteiger partial charge in [-0.1, -0.05) is 41.7 Å². The minimum atomic E-state index is 0.353. The number of halogens is 3. The maximum Gasteiger partial charge on any atom is 0.216 e. The SMILES string of the molecule is CCc1n[nH]c(=S)n1/N=C/c1c(Cl)ccc(Cl)c1Cl. The van der Waals surface area contributed by atoms with E-state index in [1.807, 2.05) is 6.92 Å². The van der Waals surface area contributed by atoms with Gasteiger partial charge in [0.2, 0.25) is 4.77 Å². The number of aromatic nitrogens is 3. The first-order valence-electron chi connectivity index (χ1n) is 5.38. The molecule has 0 saturated heterocycles. The molecule has 4 nitrogen and oxygen atoms in total. The van der Waals surface area contributed by atoms with E-state index in [4.69, 9.17) is 47.0 Å². The molecule has 1 aromatic heterocycles. The van der Waals surface area contributed by atoms with Gasteiger partial charge in [-0.15, -0.1) is 0 Å². The molecule has 1 heterocycles. The zero-order chi connectivity index (χ0) is 14.0. The van der Waals surface area contributed by atoms with Crippen LogP contribution in [0.15, 0.2) is 17.2 Å². The average molecular weight is 336 g/mol. The van der Waals surface area contributed by atoms with Crippen molar-refractivity contribution in [1.29, 1.82) is 0 Å². The Morgan fingerprint density at radius 3 is 2.74 bits per heavy atom. The third kappa shape index (κ3) is 3.00. The Hall–Kier alpha value is -0.880. The number of aryl methyl sites for hydroxylation is 1. The van der Waals surface area contributed by atoms with Crippen molar-refractivity contribution in [3.8, 4) is 0 Å². The van der Waals surface area contributed by atoms with Crippen molar-refractivity contribution in [2.45, 2.75) is 13.3 Å². The second kappa shape index (κ2) is 6.05. The Labute approximate surface area is 130 Å². The first kappa shape index (κ1) is 14.5. The third-order valence-electron chi connectivity index (χ3n) is 2.42. The third-order valence-corrected chi connectivity index (χ3v) is 3.83. The molecule has 0 spiro atoms. The number of hydrogen-bond acceptors (Lipinski definition) is 3. The van der Waals surface area contributed by atoms with Gasteiger partial charge < -0.3 is 0 Å². The van der Waals surface area contributed by atoms with Crippen LogP contribution in [-0.2, 0) is 6.42 Å². The fraction of sp³-hybridized carbons (Fsp3) is 0.182. The van der Waals surface area contributed by atoms with Crippen LogP contribution in [0.4, 0.5) is 0 Å². The van der Waals surface area contributed by atoms with Gasteiger partial charge in [-0.25, -0.2) is 0 Å². The van der Waals surface area contributed by atoms with Crippen LogP contribution in [-0.4, -0.2) is 21.1 Å². The molecular formula is C11H9Cl3N4S. The van der Waals surface area contributed by atoms with Crippen molar-refractivity contribution < 1.29 is 0 Å². The molecule has 0 aliphatic rings. The molecule has 8 heteroatoms. The number of rotatable bonds is 3. The summed E-state index contributed by atoms with van der Waals surface area (Å²) >= 11 is 23.2. The lowest BCUT2D eigenvalue weighted by molar-refractivity contribution is 0.780. The number of H-pyrrole nitrogens is 1. The minimum absolute atomic E-state index is 0.353. The molecule has 0 aliphatic carbocycles. The molecule has 0 amide bonds. The van der Waals surface area contributed by atoms with Gasteiger partial charge in [0.1, 0.15) is 0 Å². The maximum absolute atomic E-state index is 6.09. The topological polar surface area (TPSA) is 46.0 Å². The van der Waals surface area contributed by atoms with E-state index in [-0.39, 0.29) is 0 Å². The molecule has 2 rings (SSSR count). The van der Waals surface area contributed by atoms with Crippen LogP contribution < -0.4 is 0 Å². The van der Waals surface area contributed by atoms with Crippen LogP contribution in [0.3, 0.4) is 0 Å². The summed E-state index contributed by atoms with van der Waals surface area (Å²) in [5, 5.41) is 12.2. The Balaban J connectivity index is 2.46. The summed E-state index contributed by atoms with van der Waals surface area (Å²) in [6, 6.07) is 3.29. The van der Waals surface area contributed by atoms with Gasteiger partial charge in [-0.3, -0.25) is 5.10 Å². The van der Waals surface area contributed by atoms with E-state index >= 15 is 0 Å². The van der Waals surface area contributed by atoms with Gasteiger partial charge in [0, 0.05) is 12.0 Å². The smallest absolute Gasteiger partial charge is 0.216 e. The lowest BCUT2D eigenvalue weighted by Crippen LogP contribution is -1.98. The van der Waals surface area contributed by atoms with E-state index < -0.39 is 0 Å². The lowest BCUT2D eigenvalue weighted by atomic mass is 10.2. The molecule has 1 N–H and O–H groups in total. The zero-order valence-electron chi connectivity index (χ0n) is 9.82. The highest BCUT2D eigenvalue weighted by molar-refractivity contribution is 7.71. The molecule has 0 bridgehead atoms. The van der Waals surface area contributed by atoms with E-state index in [0.29, 0.717) is 31.8 Å². The van der Waals surface area contributed by atoms with Crippen LogP contribution in [0.25, 0.3) is 0 Å². The second-order valence-electron chi connectivity index (χ2n) is 3.61. The van der Waals surface area contributed by atoms with Crippen LogP contribution >= 0.6 is 47.0 Å². The monoisotopic (exact) mass is 334 g/mol. The predicted octanol–water partition coefficient (Wildman–Crippen LogP) is 4.35. The highest BCUT2D eigenvalue weighted by Crippen LogP contribution is 2.30. The number of nitrogens with one attached hydrogen (secondary N) is 1. The Morgan fingerprint density at radius 1 is 1.37 bits per heavy atom. The van der Waals surface area contributed by atoms with Crippen LogP contribution in [0, 0.1) is 4.77 Å². The molecule has 0 aliphatic heterocycles.